The lowest BCUT2D eigenvalue weighted by molar-refractivity contribution is 0.426. The zero-order valence-corrected chi connectivity index (χ0v) is 7.72. The van der Waals surface area contributed by atoms with E-state index in [1.165, 1.54) is 6.07 Å². The average molecular weight is 264 g/mol. The van der Waals surface area contributed by atoms with Gasteiger partial charge < -0.3 is 10.0 Å². The summed E-state index contributed by atoms with van der Waals surface area (Å²) in [5, 5.41) is 17.4. The SMILES string of the molecule is O=Ic1cccc(B(O)O)c1. The Labute approximate surface area is 74.8 Å². The molecular weight excluding hydrogens is 258 g/mol. The van der Waals surface area contributed by atoms with Gasteiger partial charge in [-0.05, 0) is 17.6 Å². The van der Waals surface area contributed by atoms with Gasteiger partial charge in [0, 0.05) is 3.57 Å². The molecule has 0 saturated carbocycles. The van der Waals surface area contributed by atoms with Crippen molar-refractivity contribution >= 4 is 33.8 Å². The Balaban J connectivity index is 3.00. The first-order valence-corrected chi connectivity index (χ1v) is 4.93. The number of hydrogen-bond donors (Lipinski definition) is 2. The smallest absolute Gasteiger partial charge is 0.423 e. The van der Waals surface area contributed by atoms with Gasteiger partial charge in [0.15, 0.2) is 21.2 Å². The highest BCUT2D eigenvalue weighted by Crippen LogP contribution is 2.06. The van der Waals surface area contributed by atoms with E-state index in [1.54, 1.807) is 18.2 Å². The van der Waals surface area contributed by atoms with Gasteiger partial charge in [0.2, 0.25) is 0 Å². The van der Waals surface area contributed by atoms with Gasteiger partial charge in [-0.15, -0.1) is 0 Å². The molecule has 0 heterocycles. The predicted molar refractivity (Wildman–Crippen MR) is 49.7 cm³/mol. The van der Waals surface area contributed by atoms with Crippen LogP contribution in [0.15, 0.2) is 24.3 Å². The van der Waals surface area contributed by atoms with E-state index in [0.717, 1.165) is 0 Å². The van der Waals surface area contributed by atoms with Crippen LogP contribution in [0.5, 0.6) is 0 Å². The van der Waals surface area contributed by atoms with E-state index in [4.69, 9.17) is 10.0 Å². The summed E-state index contributed by atoms with van der Waals surface area (Å²) in [6.07, 6.45) is 0. The maximum absolute atomic E-state index is 10.5. The zero-order valence-electron chi connectivity index (χ0n) is 5.57. The molecule has 58 valence electrons. The lowest BCUT2D eigenvalue weighted by Crippen LogP contribution is -2.29. The Morgan fingerprint density at radius 1 is 1.36 bits per heavy atom. The molecule has 0 atom stereocenters. The summed E-state index contributed by atoms with van der Waals surface area (Å²) in [6, 6.07) is 6.46. The van der Waals surface area contributed by atoms with Crippen molar-refractivity contribution in [2.75, 3.05) is 0 Å². The topological polar surface area (TPSA) is 57.5 Å². The summed E-state index contributed by atoms with van der Waals surface area (Å²) in [4.78, 5) is 0. The summed E-state index contributed by atoms with van der Waals surface area (Å²) in [5.41, 5.74) is 0.387. The molecule has 1 aromatic rings. The van der Waals surface area contributed by atoms with Crippen LogP contribution in [0.4, 0.5) is 0 Å². The summed E-state index contributed by atoms with van der Waals surface area (Å²) in [7, 11) is -1.47. The van der Waals surface area contributed by atoms with Crippen molar-refractivity contribution in [3.8, 4) is 0 Å². The van der Waals surface area contributed by atoms with Crippen LogP contribution in [-0.2, 0) is 3.07 Å². The van der Waals surface area contributed by atoms with Crippen LogP contribution in [0, 0.1) is 3.57 Å². The fourth-order valence-corrected chi connectivity index (χ4v) is 1.56. The van der Waals surface area contributed by atoms with Crippen LogP contribution in [0.25, 0.3) is 0 Å². The van der Waals surface area contributed by atoms with Crippen LogP contribution in [-0.4, -0.2) is 17.2 Å². The number of benzene rings is 1. The molecule has 0 unspecified atom stereocenters. The third-order valence-electron chi connectivity index (χ3n) is 1.24. The van der Waals surface area contributed by atoms with Crippen molar-refractivity contribution in [2.45, 2.75) is 0 Å². The third-order valence-corrected chi connectivity index (χ3v) is 2.42. The van der Waals surface area contributed by atoms with Crippen molar-refractivity contribution in [1.29, 1.82) is 0 Å². The normalized spacial score (nSPS) is 9.64. The van der Waals surface area contributed by atoms with Gasteiger partial charge in [0.25, 0.3) is 0 Å². The van der Waals surface area contributed by atoms with Crippen molar-refractivity contribution in [3.63, 3.8) is 0 Å². The molecule has 2 N–H and O–H groups in total. The summed E-state index contributed by atoms with van der Waals surface area (Å²) in [6.45, 7) is 0. The highest BCUT2D eigenvalue weighted by atomic mass is 127. The first-order chi connectivity index (χ1) is 5.24. The second-order valence-corrected chi connectivity index (χ2v) is 3.69. The molecule has 1 aromatic carbocycles. The first kappa shape index (κ1) is 8.83. The number of rotatable bonds is 2. The Hall–Kier alpha value is -0.265. The maximum Gasteiger partial charge on any atom is 0.488 e. The van der Waals surface area contributed by atoms with E-state index in [9.17, 15) is 3.07 Å². The predicted octanol–water partition coefficient (Wildman–Crippen LogP) is -0.148. The number of halogens is 1. The van der Waals surface area contributed by atoms with Crippen LogP contribution in [0.1, 0.15) is 0 Å². The van der Waals surface area contributed by atoms with Gasteiger partial charge in [-0.25, -0.2) is 0 Å². The van der Waals surface area contributed by atoms with E-state index in [2.05, 4.69) is 0 Å². The van der Waals surface area contributed by atoms with Gasteiger partial charge in [-0.2, -0.15) is 0 Å². The minimum absolute atomic E-state index is 0.387. The third kappa shape index (κ3) is 2.35. The van der Waals surface area contributed by atoms with Crippen LogP contribution in [0.2, 0.25) is 0 Å². The molecule has 0 fully saturated rings. The van der Waals surface area contributed by atoms with Crippen LogP contribution in [0.3, 0.4) is 0 Å². The second-order valence-electron chi connectivity index (χ2n) is 2.01. The molecule has 0 radical (unpaired) electrons. The average Bonchev–Trinajstić information content (AvgIpc) is 2.05. The molecular formula is C6H6BIO3. The van der Waals surface area contributed by atoms with Gasteiger partial charge >= 0.3 is 7.12 Å². The van der Waals surface area contributed by atoms with Crippen molar-refractivity contribution in [2.24, 2.45) is 0 Å². The van der Waals surface area contributed by atoms with Gasteiger partial charge in [-0.1, -0.05) is 12.1 Å². The Morgan fingerprint density at radius 3 is 2.64 bits per heavy atom. The monoisotopic (exact) mass is 264 g/mol. The molecule has 0 aromatic heterocycles. The fraction of sp³-hybridized carbons (Fsp3) is 0. The second kappa shape index (κ2) is 3.94. The quantitative estimate of drug-likeness (QED) is 0.577. The molecule has 1 rings (SSSR count). The molecule has 11 heavy (non-hydrogen) atoms. The van der Waals surface area contributed by atoms with Crippen LogP contribution >= 0.6 is 21.2 Å². The molecule has 0 spiro atoms. The number of hydrogen-bond acceptors (Lipinski definition) is 3. The molecule has 0 saturated heterocycles. The van der Waals surface area contributed by atoms with Gasteiger partial charge in [0.05, 0.1) is 0 Å². The molecule has 0 aliphatic carbocycles. The van der Waals surface area contributed by atoms with E-state index < -0.39 is 28.3 Å². The van der Waals surface area contributed by atoms with E-state index in [1.807, 2.05) is 0 Å². The standard InChI is InChI=1S/C6H6BIO3/c9-7(10)5-2-1-3-6(4-5)8-11/h1-4,9-10H. The lowest BCUT2D eigenvalue weighted by Gasteiger charge is -1.97. The Kier molecular flexibility index (Phi) is 3.16. The molecule has 0 aliphatic rings. The van der Waals surface area contributed by atoms with Crippen molar-refractivity contribution in [3.05, 3.63) is 27.8 Å². The van der Waals surface area contributed by atoms with E-state index >= 15 is 0 Å². The van der Waals surface area contributed by atoms with E-state index in [0.29, 0.717) is 9.03 Å². The van der Waals surface area contributed by atoms with Gasteiger partial charge in [-0.3, -0.25) is 3.07 Å². The minimum Gasteiger partial charge on any atom is -0.423 e. The van der Waals surface area contributed by atoms with Crippen LogP contribution < -0.4 is 5.46 Å². The minimum atomic E-state index is -1.47. The highest BCUT2D eigenvalue weighted by Gasteiger charge is 2.10. The zero-order chi connectivity index (χ0) is 8.27. The Bertz CT molecular complexity index is 264. The molecule has 3 nitrogen and oxygen atoms in total. The van der Waals surface area contributed by atoms with Crippen molar-refractivity contribution in [1.82, 2.24) is 0 Å². The van der Waals surface area contributed by atoms with E-state index in [-0.39, 0.29) is 0 Å². The highest BCUT2D eigenvalue weighted by molar-refractivity contribution is 14.1. The lowest BCUT2D eigenvalue weighted by atomic mass is 9.81. The summed E-state index contributed by atoms with van der Waals surface area (Å²) >= 11 is -1.21. The largest absolute Gasteiger partial charge is 0.488 e. The van der Waals surface area contributed by atoms with Crippen molar-refractivity contribution < 1.29 is 13.1 Å². The molecule has 0 aliphatic heterocycles. The summed E-state index contributed by atoms with van der Waals surface area (Å²) in [5.74, 6) is 0. The first-order valence-electron chi connectivity index (χ1n) is 2.97. The summed E-state index contributed by atoms with van der Waals surface area (Å²) < 4.78 is 11.1. The molecule has 0 amide bonds. The fourth-order valence-electron chi connectivity index (χ4n) is 0.715. The van der Waals surface area contributed by atoms with Gasteiger partial charge in [0.1, 0.15) is 0 Å². The molecule has 5 heteroatoms. The maximum atomic E-state index is 10.5. The molecule has 0 bridgehead atoms. The Morgan fingerprint density at radius 2 is 2.09 bits per heavy atom.